The molecule has 13 heteroatoms. The number of amides is 1. The number of carboxylic acid groups (broad SMARTS) is 1. The van der Waals surface area contributed by atoms with Crippen LogP contribution in [0.15, 0.2) is 53.3 Å². The molecule has 0 saturated heterocycles. The summed E-state index contributed by atoms with van der Waals surface area (Å²) in [5, 5.41) is 13.8. The van der Waals surface area contributed by atoms with Crippen LogP contribution in [0.3, 0.4) is 0 Å². The van der Waals surface area contributed by atoms with E-state index in [2.05, 4.69) is 15.2 Å². The van der Waals surface area contributed by atoms with Crippen LogP contribution >= 0.6 is 0 Å². The maximum Gasteiger partial charge on any atom is 0.573 e. The summed E-state index contributed by atoms with van der Waals surface area (Å²) >= 11 is 0. The molecule has 1 unspecified atom stereocenters. The number of carbonyl (C=O) groups is 2. The molecular formula is C20H14F5N3O5. The fraction of sp³-hybridized carbons (Fsp3) is 0.150. The summed E-state index contributed by atoms with van der Waals surface area (Å²) in [6, 6.07) is 6.20. The molecular weight excluding hydrogens is 457 g/mol. The number of aliphatic carboxylic acids is 1. The highest BCUT2D eigenvalue weighted by molar-refractivity contribution is 5.92. The van der Waals surface area contributed by atoms with Crippen LogP contribution in [0.25, 0.3) is 5.69 Å². The number of aromatic nitrogens is 2. The van der Waals surface area contributed by atoms with E-state index >= 15 is 0 Å². The van der Waals surface area contributed by atoms with Crippen molar-refractivity contribution in [3.05, 3.63) is 81.8 Å². The van der Waals surface area contributed by atoms with Crippen molar-refractivity contribution in [2.75, 3.05) is 0 Å². The summed E-state index contributed by atoms with van der Waals surface area (Å²) in [5.41, 5.74) is -1.43. The van der Waals surface area contributed by atoms with Gasteiger partial charge in [-0.25, -0.2) is 13.5 Å². The molecule has 1 heterocycles. The highest BCUT2D eigenvalue weighted by Gasteiger charge is 2.31. The van der Waals surface area contributed by atoms with Crippen LogP contribution in [-0.2, 0) is 4.79 Å². The van der Waals surface area contributed by atoms with E-state index in [0.717, 1.165) is 42.5 Å². The third-order valence-electron chi connectivity index (χ3n) is 4.32. The third kappa shape index (κ3) is 5.96. The van der Waals surface area contributed by atoms with Crippen LogP contribution in [0.2, 0.25) is 0 Å². The Morgan fingerprint density at radius 3 is 2.33 bits per heavy atom. The Kier molecular flexibility index (Phi) is 6.51. The summed E-state index contributed by atoms with van der Waals surface area (Å²) < 4.78 is 68.4. The first-order chi connectivity index (χ1) is 15.4. The number of halogens is 5. The first-order valence-corrected chi connectivity index (χ1v) is 9.09. The number of nitrogens with one attached hydrogen (secondary N) is 2. The second-order valence-electron chi connectivity index (χ2n) is 6.68. The lowest BCUT2D eigenvalue weighted by molar-refractivity contribution is -0.274. The number of carboxylic acids is 1. The van der Waals surface area contributed by atoms with Crippen molar-refractivity contribution in [1.82, 2.24) is 15.1 Å². The number of rotatable bonds is 7. The van der Waals surface area contributed by atoms with E-state index < -0.39 is 53.6 Å². The summed E-state index contributed by atoms with van der Waals surface area (Å²) in [5.74, 6) is -4.77. The number of hydrogen-bond acceptors (Lipinski definition) is 4. The van der Waals surface area contributed by atoms with Gasteiger partial charge in [-0.3, -0.25) is 19.5 Å². The molecule has 0 saturated carbocycles. The Hall–Kier alpha value is -4.16. The topological polar surface area (TPSA) is 113 Å². The molecule has 2 aromatic carbocycles. The fourth-order valence-electron chi connectivity index (χ4n) is 2.92. The number of carbonyl (C=O) groups excluding carboxylic acids is 1. The Morgan fingerprint density at radius 1 is 1.09 bits per heavy atom. The van der Waals surface area contributed by atoms with Crippen molar-refractivity contribution in [1.29, 1.82) is 0 Å². The first kappa shape index (κ1) is 23.5. The van der Waals surface area contributed by atoms with Crippen molar-refractivity contribution in [2.45, 2.75) is 18.8 Å². The minimum atomic E-state index is -4.92. The number of alkyl halides is 3. The molecule has 1 atom stereocenters. The average molecular weight is 471 g/mol. The van der Waals surface area contributed by atoms with E-state index in [9.17, 15) is 36.3 Å². The Balaban J connectivity index is 1.84. The Labute approximate surface area is 181 Å². The maximum absolute atomic E-state index is 14.0. The fourth-order valence-corrected chi connectivity index (χ4v) is 2.92. The minimum absolute atomic E-state index is 0.145. The SMILES string of the molecule is O=C(O)CC(NC(=O)c1cc(=O)n(-c2ccc(F)cc2F)[nH]1)c1ccc(OC(F)(F)F)cc1. The predicted octanol–water partition coefficient (Wildman–Crippen LogP) is 3.29. The van der Waals surface area contributed by atoms with Crippen molar-refractivity contribution in [2.24, 2.45) is 0 Å². The van der Waals surface area contributed by atoms with E-state index in [1.807, 2.05) is 0 Å². The van der Waals surface area contributed by atoms with Gasteiger partial charge in [-0.15, -0.1) is 13.2 Å². The van der Waals surface area contributed by atoms with Crippen LogP contribution < -0.4 is 15.6 Å². The van der Waals surface area contributed by atoms with Crippen LogP contribution in [0.4, 0.5) is 22.0 Å². The van der Waals surface area contributed by atoms with E-state index in [1.54, 1.807) is 0 Å². The van der Waals surface area contributed by atoms with Gasteiger partial charge in [0, 0.05) is 12.1 Å². The molecule has 0 spiro atoms. The van der Waals surface area contributed by atoms with Gasteiger partial charge in [-0.05, 0) is 29.8 Å². The van der Waals surface area contributed by atoms with Gasteiger partial charge >= 0.3 is 12.3 Å². The van der Waals surface area contributed by atoms with Gasteiger partial charge in [0.25, 0.3) is 11.5 Å². The molecule has 0 fully saturated rings. The van der Waals surface area contributed by atoms with Gasteiger partial charge in [0.15, 0.2) is 5.82 Å². The normalized spacial score (nSPS) is 12.3. The van der Waals surface area contributed by atoms with Gasteiger partial charge in [0.05, 0.1) is 12.5 Å². The zero-order valence-electron chi connectivity index (χ0n) is 16.3. The second-order valence-corrected chi connectivity index (χ2v) is 6.68. The summed E-state index contributed by atoms with van der Waals surface area (Å²) in [4.78, 5) is 35.9. The van der Waals surface area contributed by atoms with Crippen LogP contribution in [0, 0.1) is 11.6 Å². The number of benzene rings is 2. The molecule has 0 aliphatic rings. The first-order valence-electron chi connectivity index (χ1n) is 9.09. The molecule has 3 rings (SSSR count). The Bertz CT molecular complexity index is 1230. The zero-order valence-corrected chi connectivity index (χ0v) is 16.3. The molecule has 0 radical (unpaired) electrons. The molecule has 1 amide bonds. The minimum Gasteiger partial charge on any atom is -0.481 e. The van der Waals surface area contributed by atoms with Gasteiger partial charge in [-0.1, -0.05) is 12.1 Å². The van der Waals surface area contributed by atoms with Crippen molar-refractivity contribution in [3.63, 3.8) is 0 Å². The van der Waals surface area contributed by atoms with Crippen molar-refractivity contribution >= 4 is 11.9 Å². The highest BCUT2D eigenvalue weighted by atomic mass is 19.4. The maximum atomic E-state index is 14.0. The van der Waals surface area contributed by atoms with E-state index in [0.29, 0.717) is 10.7 Å². The van der Waals surface area contributed by atoms with Crippen molar-refractivity contribution in [3.8, 4) is 11.4 Å². The van der Waals surface area contributed by atoms with E-state index in [1.165, 1.54) is 0 Å². The molecule has 3 aromatic rings. The second kappa shape index (κ2) is 9.14. The molecule has 33 heavy (non-hydrogen) atoms. The van der Waals surface area contributed by atoms with E-state index in [-0.39, 0.29) is 16.9 Å². The monoisotopic (exact) mass is 471 g/mol. The largest absolute Gasteiger partial charge is 0.573 e. The number of nitrogens with zero attached hydrogens (tertiary/aromatic N) is 1. The van der Waals surface area contributed by atoms with Gasteiger partial charge in [0.1, 0.15) is 22.9 Å². The number of ether oxygens (including phenoxy) is 1. The third-order valence-corrected chi connectivity index (χ3v) is 4.32. The van der Waals surface area contributed by atoms with Gasteiger partial charge < -0.3 is 15.2 Å². The molecule has 0 aliphatic heterocycles. The predicted molar refractivity (Wildman–Crippen MR) is 102 cm³/mol. The van der Waals surface area contributed by atoms with E-state index in [4.69, 9.17) is 5.11 Å². The van der Waals surface area contributed by atoms with Crippen LogP contribution in [0.1, 0.15) is 28.5 Å². The average Bonchev–Trinajstić information content (AvgIpc) is 3.08. The number of aromatic amines is 1. The number of hydrogen-bond donors (Lipinski definition) is 3. The summed E-state index contributed by atoms with van der Waals surface area (Å²) in [6.45, 7) is 0. The number of H-pyrrole nitrogens is 1. The van der Waals surface area contributed by atoms with Gasteiger partial charge in [0.2, 0.25) is 0 Å². The lowest BCUT2D eigenvalue weighted by atomic mass is 10.0. The molecule has 1 aromatic heterocycles. The summed E-state index contributed by atoms with van der Waals surface area (Å²) in [6.07, 6.45) is -5.55. The highest BCUT2D eigenvalue weighted by Crippen LogP contribution is 2.25. The van der Waals surface area contributed by atoms with Crippen molar-refractivity contribution < 1.29 is 41.4 Å². The lowest BCUT2D eigenvalue weighted by Crippen LogP contribution is -2.30. The molecule has 3 N–H and O–H groups in total. The molecule has 174 valence electrons. The molecule has 0 bridgehead atoms. The smallest absolute Gasteiger partial charge is 0.481 e. The van der Waals surface area contributed by atoms with Crippen LogP contribution in [-0.4, -0.2) is 33.1 Å². The lowest BCUT2D eigenvalue weighted by Gasteiger charge is -2.18. The quantitative estimate of drug-likeness (QED) is 0.458. The summed E-state index contributed by atoms with van der Waals surface area (Å²) in [7, 11) is 0. The standard InChI is InChI=1S/C20H14F5N3O5/c21-11-3-6-16(13(22)7-11)28-17(29)8-15(27-28)19(32)26-14(9-18(30)31)10-1-4-12(5-2-10)33-20(23,24)25/h1-8,14,27H,9H2,(H,26,32)(H,30,31). The zero-order chi connectivity index (χ0) is 24.3. The molecule has 0 aliphatic carbocycles. The Morgan fingerprint density at radius 2 is 1.76 bits per heavy atom. The molecule has 8 nitrogen and oxygen atoms in total. The van der Waals surface area contributed by atoms with Crippen LogP contribution in [0.5, 0.6) is 5.75 Å². The van der Waals surface area contributed by atoms with Gasteiger partial charge in [-0.2, -0.15) is 0 Å².